The molecule has 1 aliphatic heterocycles. The van der Waals surface area contributed by atoms with E-state index >= 15 is 0 Å². The number of methoxy groups -OCH3 is 1. The molecule has 29 heavy (non-hydrogen) atoms. The quantitative estimate of drug-likeness (QED) is 0.448. The van der Waals surface area contributed by atoms with Crippen LogP contribution in [-0.4, -0.2) is 75.3 Å². The van der Waals surface area contributed by atoms with Crippen LogP contribution in [0.4, 0.5) is 0 Å². The Balaban J connectivity index is 1.91. The first-order valence-electron chi connectivity index (χ1n) is 9.55. The fraction of sp³-hybridized carbons (Fsp3) is 0.550. The molecule has 5 N–H and O–H groups in total. The van der Waals surface area contributed by atoms with Gasteiger partial charge >= 0.3 is 0 Å². The third-order valence-corrected chi connectivity index (χ3v) is 5.09. The molecule has 2 heterocycles. The Hall–Kier alpha value is -2.17. The van der Waals surface area contributed by atoms with E-state index in [4.69, 9.17) is 9.47 Å². The zero-order valence-corrected chi connectivity index (χ0v) is 16.6. The van der Waals surface area contributed by atoms with Crippen LogP contribution in [0.2, 0.25) is 0 Å². The van der Waals surface area contributed by atoms with Gasteiger partial charge in [0.15, 0.2) is 6.29 Å². The van der Waals surface area contributed by atoms with Gasteiger partial charge in [0.25, 0.3) is 5.91 Å². The van der Waals surface area contributed by atoms with Gasteiger partial charge in [0, 0.05) is 24.2 Å². The summed E-state index contributed by atoms with van der Waals surface area (Å²) in [5.74, 6) is 0.481. The Kier molecular flexibility index (Phi) is 6.45. The minimum absolute atomic E-state index is 0.341. The molecule has 0 saturated carbocycles. The van der Waals surface area contributed by atoms with E-state index in [9.17, 15) is 25.2 Å². The van der Waals surface area contributed by atoms with Gasteiger partial charge in [0.1, 0.15) is 30.1 Å². The van der Waals surface area contributed by atoms with Gasteiger partial charge in [-0.1, -0.05) is 13.8 Å². The molecule has 3 rings (SSSR count). The summed E-state index contributed by atoms with van der Waals surface area (Å²) in [6, 6.07) is 4.13. The van der Waals surface area contributed by atoms with E-state index in [1.54, 1.807) is 25.4 Å². The van der Waals surface area contributed by atoms with Crippen LogP contribution >= 0.6 is 0 Å². The lowest BCUT2D eigenvalue weighted by atomic mass is 9.96. The number of fused-ring (bicyclic) bond motifs is 1. The van der Waals surface area contributed by atoms with E-state index in [0.717, 1.165) is 5.52 Å². The summed E-state index contributed by atoms with van der Waals surface area (Å²) in [4.78, 5) is 13.0. The second kappa shape index (κ2) is 8.68. The maximum Gasteiger partial charge on any atom is 0.253 e. The number of hydrogen-bond donors (Lipinski definition) is 5. The largest absolute Gasteiger partial charge is 0.497 e. The summed E-state index contributed by atoms with van der Waals surface area (Å²) in [5.41, 5.74) is 1.19. The summed E-state index contributed by atoms with van der Waals surface area (Å²) in [6.45, 7) is 4.25. The minimum atomic E-state index is -1.57. The van der Waals surface area contributed by atoms with Crippen molar-refractivity contribution >= 4 is 16.8 Å². The standard InChI is InChI=1S/C20H28N2O7/c1-10(2)7-22-8-13(12-5-4-11(28-3)6-14(12)22)19(26)21-16-18(25)17(24)15(9-23)29-20(16)27/h4-6,8,10,15-18,20,23-25,27H,7,9H2,1-3H3,(H,21,26)/t15?,16-,17-,18?,20?/m1/s1. The SMILES string of the molecule is COc1ccc2c(C(=O)N[C@H]3C(O)OC(CO)[C@@H](O)C3O)cn(CC(C)C)c2c1. The smallest absolute Gasteiger partial charge is 0.253 e. The highest BCUT2D eigenvalue weighted by Gasteiger charge is 2.44. The molecule has 0 bridgehead atoms. The van der Waals surface area contributed by atoms with Crippen molar-refractivity contribution in [2.24, 2.45) is 5.92 Å². The number of nitrogens with zero attached hydrogens (tertiary/aromatic N) is 1. The van der Waals surface area contributed by atoms with Crippen LogP contribution in [-0.2, 0) is 11.3 Å². The zero-order valence-electron chi connectivity index (χ0n) is 16.6. The fourth-order valence-corrected chi connectivity index (χ4v) is 3.61. The van der Waals surface area contributed by atoms with Crippen molar-refractivity contribution in [2.75, 3.05) is 13.7 Å². The third-order valence-electron chi connectivity index (χ3n) is 5.09. The lowest BCUT2D eigenvalue weighted by Crippen LogP contribution is -2.64. The molecular weight excluding hydrogens is 380 g/mol. The molecule has 9 heteroatoms. The van der Waals surface area contributed by atoms with Gasteiger partial charge in [-0.2, -0.15) is 0 Å². The topological polar surface area (TPSA) is 133 Å². The lowest BCUT2D eigenvalue weighted by Gasteiger charge is -2.40. The molecule has 1 saturated heterocycles. The summed E-state index contributed by atoms with van der Waals surface area (Å²) in [5, 5.41) is 42.8. The Morgan fingerprint density at radius 2 is 2.00 bits per heavy atom. The molecular formula is C20H28N2O7. The molecule has 0 radical (unpaired) electrons. The van der Waals surface area contributed by atoms with E-state index in [0.29, 0.717) is 29.2 Å². The van der Waals surface area contributed by atoms with E-state index in [1.165, 1.54) is 0 Å². The average molecular weight is 408 g/mol. The number of hydrogen-bond acceptors (Lipinski definition) is 7. The Labute approximate surface area is 168 Å². The molecule has 160 valence electrons. The van der Waals surface area contributed by atoms with Crippen molar-refractivity contribution < 1.29 is 34.7 Å². The number of carbonyl (C=O) groups is 1. The number of amides is 1. The van der Waals surface area contributed by atoms with E-state index in [-0.39, 0.29) is 0 Å². The highest BCUT2D eigenvalue weighted by Crippen LogP contribution is 2.27. The van der Waals surface area contributed by atoms with Crippen molar-refractivity contribution in [1.29, 1.82) is 0 Å². The summed E-state index contributed by atoms with van der Waals surface area (Å²) >= 11 is 0. The molecule has 1 aromatic heterocycles. The predicted molar refractivity (Wildman–Crippen MR) is 105 cm³/mol. The molecule has 1 fully saturated rings. The van der Waals surface area contributed by atoms with Gasteiger partial charge in [-0.25, -0.2) is 0 Å². The Morgan fingerprint density at radius 3 is 2.62 bits per heavy atom. The lowest BCUT2D eigenvalue weighted by molar-refractivity contribution is -0.252. The van der Waals surface area contributed by atoms with Gasteiger partial charge < -0.3 is 39.8 Å². The number of aromatic nitrogens is 1. The van der Waals surface area contributed by atoms with Crippen LogP contribution in [0.5, 0.6) is 5.75 Å². The van der Waals surface area contributed by atoms with Crippen molar-refractivity contribution in [3.05, 3.63) is 30.0 Å². The normalized spacial score (nSPS) is 27.4. The number of aliphatic hydroxyl groups excluding tert-OH is 4. The number of carbonyl (C=O) groups excluding carboxylic acids is 1. The summed E-state index contributed by atoms with van der Waals surface area (Å²) in [6.07, 6.45) is -3.93. The number of benzene rings is 1. The van der Waals surface area contributed by atoms with Crippen molar-refractivity contribution in [3.8, 4) is 5.75 Å². The van der Waals surface area contributed by atoms with E-state index in [1.807, 2.05) is 10.6 Å². The van der Waals surface area contributed by atoms with Crippen LogP contribution in [0.1, 0.15) is 24.2 Å². The van der Waals surface area contributed by atoms with E-state index < -0.39 is 43.2 Å². The second-order valence-electron chi connectivity index (χ2n) is 7.70. The van der Waals surface area contributed by atoms with Gasteiger partial charge in [0.2, 0.25) is 0 Å². The van der Waals surface area contributed by atoms with Gasteiger partial charge in [0.05, 0.1) is 24.8 Å². The molecule has 1 aliphatic rings. The molecule has 0 aliphatic carbocycles. The van der Waals surface area contributed by atoms with Gasteiger partial charge in [-0.3, -0.25) is 4.79 Å². The molecule has 3 unspecified atom stereocenters. The van der Waals surface area contributed by atoms with Gasteiger partial charge in [-0.05, 0) is 18.1 Å². The number of nitrogens with one attached hydrogen (secondary N) is 1. The maximum absolute atomic E-state index is 13.0. The first-order valence-corrected chi connectivity index (χ1v) is 9.55. The summed E-state index contributed by atoms with van der Waals surface area (Å²) in [7, 11) is 1.57. The Bertz CT molecular complexity index is 866. The highest BCUT2D eigenvalue weighted by molar-refractivity contribution is 6.07. The van der Waals surface area contributed by atoms with Crippen LogP contribution in [0, 0.1) is 5.92 Å². The molecule has 1 amide bonds. The molecule has 1 aromatic carbocycles. The first-order chi connectivity index (χ1) is 13.8. The van der Waals surface area contributed by atoms with E-state index in [2.05, 4.69) is 19.2 Å². The van der Waals surface area contributed by atoms with Crippen LogP contribution < -0.4 is 10.1 Å². The maximum atomic E-state index is 13.0. The number of ether oxygens (including phenoxy) is 2. The molecule has 2 aromatic rings. The van der Waals surface area contributed by atoms with Crippen molar-refractivity contribution in [2.45, 2.75) is 51.0 Å². The molecule has 0 spiro atoms. The molecule has 5 atom stereocenters. The van der Waals surface area contributed by atoms with Crippen LogP contribution in [0.3, 0.4) is 0 Å². The van der Waals surface area contributed by atoms with Gasteiger partial charge in [-0.15, -0.1) is 0 Å². The minimum Gasteiger partial charge on any atom is -0.497 e. The summed E-state index contributed by atoms with van der Waals surface area (Å²) < 4.78 is 12.3. The van der Waals surface area contributed by atoms with Crippen molar-refractivity contribution in [1.82, 2.24) is 9.88 Å². The molecule has 9 nitrogen and oxygen atoms in total. The van der Waals surface area contributed by atoms with Crippen LogP contribution in [0.15, 0.2) is 24.4 Å². The Morgan fingerprint density at radius 1 is 1.28 bits per heavy atom. The second-order valence-corrected chi connectivity index (χ2v) is 7.70. The number of rotatable bonds is 6. The average Bonchev–Trinajstić information content (AvgIpc) is 3.04. The van der Waals surface area contributed by atoms with Crippen molar-refractivity contribution in [3.63, 3.8) is 0 Å². The fourth-order valence-electron chi connectivity index (χ4n) is 3.61. The predicted octanol–water partition coefficient (Wildman–Crippen LogP) is -0.164. The van der Waals surface area contributed by atoms with Crippen LogP contribution in [0.25, 0.3) is 10.9 Å². The number of aliphatic hydroxyl groups is 4. The third kappa shape index (κ3) is 4.24. The first kappa shape index (κ1) is 21.5. The zero-order chi connectivity index (χ0) is 21.3. The highest BCUT2D eigenvalue weighted by atomic mass is 16.6. The monoisotopic (exact) mass is 408 g/mol.